The molecular formula is C19H19ClN2O2S2. The van der Waals surface area contributed by atoms with Crippen LogP contribution in [0.5, 0.6) is 0 Å². The number of hydrogen-bond acceptors (Lipinski definition) is 4. The van der Waals surface area contributed by atoms with Crippen LogP contribution in [0.2, 0.25) is 5.02 Å². The monoisotopic (exact) mass is 406 g/mol. The van der Waals surface area contributed by atoms with E-state index in [0.29, 0.717) is 22.9 Å². The molecule has 2 aromatic rings. The Hall–Kier alpha value is -1.50. The molecule has 2 atom stereocenters. The highest BCUT2D eigenvalue weighted by molar-refractivity contribution is 7.99. The average Bonchev–Trinajstić information content (AvgIpc) is 3.33. The lowest BCUT2D eigenvalue weighted by molar-refractivity contribution is -0.125. The summed E-state index contributed by atoms with van der Waals surface area (Å²) in [5.74, 6) is 0.859. The van der Waals surface area contributed by atoms with Crippen molar-refractivity contribution in [1.82, 2.24) is 10.2 Å². The van der Waals surface area contributed by atoms with Crippen LogP contribution in [0, 0.1) is 0 Å². The second-order valence-corrected chi connectivity index (χ2v) is 9.04. The minimum absolute atomic E-state index is 0.0414. The van der Waals surface area contributed by atoms with Crippen LogP contribution in [0.4, 0.5) is 0 Å². The van der Waals surface area contributed by atoms with Gasteiger partial charge in [-0.3, -0.25) is 9.59 Å². The van der Waals surface area contributed by atoms with Crippen molar-refractivity contribution in [1.29, 1.82) is 0 Å². The number of nitrogens with zero attached hydrogens (tertiary/aromatic N) is 1. The molecule has 2 aliphatic heterocycles. The molecule has 4 rings (SSSR count). The van der Waals surface area contributed by atoms with E-state index in [0.717, 1.165) is 24.2 Å². The quantitative estimate of drug-likeness (QED) is 0.823. The molecule has 0 radical (unpaired) electrons. The number of carbonyl (C=O) groups is 2. The standard InChI is InChI=1S/C19H19ClN2O2S2/c20-12-5-6-16-13(11-12)14(7-10-26-16)21-18(23)15-3-1-8-22(15)19(24)17-4-2-9-25-17/h2,4-6,9,11,14-15H,1,3,7-8,10H2,(H,21,23)/t14-,15+/m0/s1. The van der Waals surface area contributed by atoms with Gasteiger partial charge in [-0.05, 0) is 54.5 Å². The molecule has 1 saturated heterocycles. The van der Waals surface area contributed by atoms with E-state index in [1.165, 1.54) is 16.2 Å². The zero-order chi connectivity index (χ0) is 18.1. The van der Waals surface area contributed by atoms with Crippen LogP contribution in [0.25, 0.3) is 0 Å². The predicted molar refractivity (Wildman–Crippen MR) is 106 cm³/mol. The van der Waals surface area contributed by atoms with Crippen molar-refractivity contribution in [2.45, 2.75) is 36.2 Å². The third-order valence-electron chi connectivity index (χ3n) is 4.88. The maximum atomic E-state index is 13.0. The normalized spacial score (nSPS) is 22.1. The van der Waals surface area contributed by atoms with Gasteiger partial charge in [0.25, 0.3) is 5.91 Å². The summed E-state index contributed by atoms with van der Waals surface area (Å²) in [4.78, 5) is 29.2. The molecule has 4 nitrogen and oxygen atoms in total. The summed E-state index contributed by atoms with van der Waals surface area (Å²) >= 11 is 9.36. The average molecular weight is 407 g/mol. The molecule has 2 aliphatic rings. The molecular weight excluding hydrogens is 388 g/mol. The summed E-state index contributed by atoms with van der Waals surface area (Å²) in [7, 11) is 0. The first-order chi connectivity index (χ1) is 12.6. The highest BCUT2D eigenvalue weighted by atomic mass is 35.5. The van der Waals surface area contributed by atoms with Crippen LogP contribution in [0.1, 0.15) is 40.5 Å². The first kappa shape index (κ1) is 17.9. The number of rotatable bonds is 3. The Morgan fingerprint density at radius 2 is 2.12 bits per heavy atom. The van der Waals surface area contributed by atoms with Gasteiger partial charge in [-0.1, -0.05) is 17.7 Å². The number of nitrogens with one attached hydrogen (secondary N) is 1. The summed E-state index contributed by atoms with van der Waals surface area (Å²) in [6, 6.07) is 9.09. The second kappa shape index (κ2) is 7.62. The Morgan fingerprint density at radius 3 is 2.92 bits per heavy atom. The molecule has 0 saturated carbocycles. The van der Waals surface area contributed by atoms with Crippen LogP contribution in [-0.2, 0) is 4.79 Å². The molecule has 0 aliphatic carbocycles. The van der Waals surface area contributed by atoms with E-state index in [9.17, 15) is 9.59 Å². The maximum Gasteiger partial charge on any atom is 0.264 e. The molecule has 1 aromatic carbocycles. The van der Waals surface area contributed by atoms with Crippen molar-refractivity contribution in [3.05, 3.63) is 51.2 Å². The van der Waals surface area contributed by atoms with E-state index >= 15 is 0 Å². The van der Waals surface area contributed by atoms with Gasteiger partial charge >= 0.3 is 0 Å². The third kappa shape index (κ3) is 3.50. The molecule has 7 heteroatoms. The molecule has 1 aromatic heterocycles. The Kier molecular flexibility index (Phi) is 5.25. The largest absolute Gasteiger partial charge is 0.347 e. The summed E-state index contributed by atoms with van der Waals surface area (Å²) in [6.45, 7) is 0.637. The van der Waals surface area contributed by atoms with Crippen molar-refractivity contribution >= 4 is 46.5 Å². The van der Waals surface area contributed by atoms with E-state index in [4.69, 9.17) is 11.6 Å². The van der Waals surface area contributed by atoms with Crippen LogP contribution < -0.4 is 5.32 Å². The maximum absolute atomic E-state index is 13.0. The zero-order valence-electron chi connectivity index (χ0n) is 14.1. The first-order valence-electron chi connectivity index (χ1n) is 8.70. The lowest BCUT2D eigenvalue weighted by Crippen LogP contribution is -2.47. The van der Waals surface area contributed by atoms with Crippen LogP contribution in [0.15, 0.2) is 40.6 Å². The zero-order valence-corrected chi connectivity index (χ0v) is 16.5. The Bertz CT molecular complexity index is 825. The van der Waals surface area contributed by atoms with Crippen LogP contribution >= 0.6 is 34.7 Å². The number of halogens is 1. The molecule has 26 heavy (non-hydrogen) atoms. The number of amides is 2. The summed E-state index contributed by atoms with van der Waals surface area (Å²) in [5.41, 5.74) is 1.08. The number of hydrogen-bond donors (Lipinski definition) is 1. The van der Waals surface area contributed by atoms with Gasteiger partial charge < -0.3 is 10.2 Å². The second-order valence-electron chi connectivity index (χ2n) is 6.51. The number of thioether (sulfide) groups is 1. The lowest BCUT2D eigenvalue weighted by atomic mass is 10.0. The van der Waals surface area contributed by atoms with Gasteiger partial charge in [0, 0.05) is 22.2 Å². The van der Waals surface area contributed by atoms with E-state index in [2.05, 4.69) is 5.32 Å². The SMILES string of the molecule is O=C(N[C@H]1CCSc2ccc(Cl)cc21)[C@H]1CCCN1C(=O)c1cccs1. The lowest BCUT2D eigenvalue weighted by Gasteiger charge is -2.29. The third-order valence-corrected chi connectivity index (χ3v) is 7.09. The fourth-order valence-electron chi connectivity index (χ4n) is 3.61. The molecule has 1 N–H and O–H groups in total. The first-order valence-corrected chi connectivity index (χ1v) is 10.9. The van der Waals surface area contributed by atoms with Crippen molar-refractivity contribution < 1.29 is 9.59 Å². The fourth-order valence-corrected chi connectivity index (χ4v) is 5.57. The van der Waals surface area contributed by atoms with Gasteiger partial charge in [0.05, 0.1) is 10.9 Å². The predicted octanol–water partition coefficient (Wildman–Crippen LogP) is 4.36. The molecule has 2 amide bonds. The van der Waals surface area contributed by atoms with Crippen molar-refractivity contribution in [2.75, 3.05) is 12.3 Å². The molecule has 3 heterocycles. The van der Waals surface area contributed by atoms with E-state index in [1.807, 2.05) is 35.7 Å². The van der Waals surface area contributed by atoms with Gasteiger partial charge in [0.2, 0.25) is 5.91 Å². The minimum Gasteiger partial charge on any atom is -0.347 e. The van der Waals surface area contributed by atoms with E-state index in [-0.39, 0.29) is 23.9 Å². The molecule has 0 spiro atoms. The van der Waals surface area contributed by atoms with Gasteiger partial charge in [-0.25, -0.2) is 0 Å². The summed E-state index contributed by atoms with van der Waals surface area (Å²) in [6.07, 6.45) is 2.44. The van der Waals surface area contributed by atoms with Crippen molar-refractivity contribution in [3.63, 3.8) is 0 Å². The van der Waals surface area contributed by atoms with Crippen LogP contribution in [0.3, 0.4) is 0 Å². The molecule has 0 bridgehead atoms. The highest BCUT2D eigenvalue weighted by Crippen LogP contribution is 2.37. The highest BCUT2D eigenvalue weighted by Gasteiger charge is 2.36. The number of likely N-dealkylation sites (tertiary alicyclic amines) is 1. The van der Waals surface area contributed by atoms with Gasteiger partial charge in [-0.15, -0.1) is 23.1 Å². The smallest absolute Gasteiger partial charge is 0.264 e. The fraction of sp³-hybridized carbons (Fsp3) is 0.368. The van der Waals surface area contributed by atoms with Crippen molar-refractivity contribution in [3.8, 4) is 0 Å². The summed E-state index contributed by atoms with van der Waals surface area (Å²) in [5, 5.41) is 5.74. The number of thiophene rings is 1. The topological polar surface area (TPSA) is 49.4 Å². The van der Waals surface area contributed by atoms with Gasteiger partial charge in [-0.2, -0.15) is 0 Å². The number of benzene rings is 1. The Labute approximate surface area is 165 Å². The number of carbonyl (C=O) groups excluding carboxylic acids is 2. The minimum atomic E-state index is -0.387. The van der Waals surface area contributed by atoms with Gasteiger partial charge in [0.1, 0.15) is 6.04 Å². The van der Waals surface area contributed by atoms with Gasteiger partial charge in [0.15, 0.2) is 0 Å². The Balaban J connectivity index is 1.50. The molecule has 0 unspecified atom stereocenters. The van der Waals surface area contributed by atoms with Crippen molar-refractivity contribution in [2.24, 2.45) is 0 Å². The number of fused-ring (bicyclic) bond motifs is 1. The van der Waals surface area contributed by atoms with E-state index in [1.54, 1.807) is 16.7 Å². The van der Waals surface area contributed by atoms with E-state index < -0.39 is 0 Å². The Morgan fingerprint density at radius 1 is 1.23 bits per heavy atom. The summed E-state index contributed by atoms with van der Waals surface area (Å²) < 4.78 is 0. The molecule has 1 fully saturated rings. The molecule has 136 valence electrons. The van der Waals surface area contributed by atoms with Crippen LogP contribution in [-0.4, -0.2) is 35.1 Å².